The molecule has 0 bridgehead atoms. The molecule has 0 fully saturated rings. The van der Waals surface area contributed by atoms with E-state index in [0.29, 0.717) is 12.8 Å². The van der Waals surface area contributed by atoms with Crippen molar-refractivity contribution in [2.24, 2.45) is 0 Å². The van der Waals surface area contributed by atoms with Crippen molar-refractivity contribution in [2.75, 3.05) is 20.3 Å². The molecule has 0 aromatic carbocycles. The van der Waals surface area contributed by atoms with E-state index < -0.39 is 26.5 Å². The van der Waals surface area contributed by atoms with E-state index in [0.717, 1.165) is 58.5 Å². The summed E-state index contributed by atoms with van der Waals surface area (Å²) in [6, 6.07) is 0. The summed E-state index contributed by atoms with van der Waals surface area (Å²) in [5.41, 5.74) is 0. The number of hydrogen-bond donors (Lipinski definition) is 1. The van der Waals surface area contributed by atoms with Gasteiger partial charge < -0.3 is 14.4 Å². The number of hydrogen-bond acceptors (Lipinski definition) is 7. The highest BCUT2D eigenvalue weighted by atomic mass is 31.2. The molecule has 0 aliphatic heterocycles. The summed E-state index contributed by atoms with van der Waals surface area (Å²) in [5.74, 6) is -0.843. The zero-order chi connectivity index (χ0) is 21.3. The van der Waals surface area contributed by atoms with E-state index in [1.165, 1.54) is 0 Å². The van der Waals surface area contributed by atoms with Crippen LogP contribution in [0.3, 0.4) is 0 Å². The standard InChI is InChI=1S/C19H37O8P/c1-4-6-8-10-12-13-18(20)25-15-17(16-26-28(22,23)24-3)27-19(21)14-11-9-7-5-2/h17H,4-16H2,1-3H3,(H,22,23)/t17-/m1/s1. The molecule has 166 valence electrons. The molecule has 28 heavy (non-hydrogen) atoms. The van der Waals surface area contributed by atoms with Crippen LogP contribution in [0.15, 0.2) is 0 Å². The Kier molecular flexibility index (Phi) is 16.4. The van der Waals surface area contributed by atoms with Gasteiger partial charge in [-0.1, -0.05) is 58.8 Å². The molecule has 1 N–H and O–H groups in total. The molecular formula is C19H37O8P. The van der Waals surface area contributed by atoms with Gasteiger partial charge >= 0.3 is 19.8 Å². The zero-order valence-corrected chi connectivity index (χ0v) is 18.4. The molecule has 0 amide bonds. The average molecular weight is 424 g/mol. The summed E-state index contributed by atoms with van der Waals surface area (Å²) in [4.78, 5) is 33.1. The third-order valence-electron chi connectivity index (χ3n) is 4.10. The summed E-state index contributed by atoms with van der Waals surface area (Å²) >= 11 is 0. The predicted octanol–water partition coefficient (Wildman–Crippen LogP) is 4.54. The van der Waals surface area contributed by atoms with Gasteiger partial charge in [-0.3, -0.25) is 18.6 Å². The lowest BCUT2D eigenvalue weighted by Gasteiger charge is -2.19. The summed E-state index contributed by atoms with van der Waals surface area (Å²) < 4.78 is 30.9. The van der Waals surface area contributed by atoms with E-state index in [2.05, 4.69) is 18.4 Å². The number of rotatable bonds is 18. The molecule has 0 aliphatic carbocycles. The Bertz CT molecular complexity index is 469. The first-order valence-electron chi connectivity index (χ1n) is 10.2. The van der Waals surface area contributed by atoms with Crippen molar-refractivity contribution in [3.05, 3.63) is 0 Å². The maximum Gasteiger partial charge on any atom is 0.472 e. The van der Waals surface area contributed by atoms with Crippen LogP contribution >= 0.6 is 7.82 Å². The number of ether oxygens (including phenoxy) is 2. The Balaban J connectivity index is 4.37. The van der Waals surface area contributed by atoms with E-state index in [9.17, 15) is 19.0 Å². The largest absolute Gasteiger partial charge is 0.472 e. The molecule has 2 atom stereocenters. The van der Waals surface area contributed by atoms with Gasteiger partial charge in [0, 0.05) is 20.0 Å². The van der Waals surface area contributed by atoms with Crippen LogP contribution in [-0.4, -0.2) is 43.3 Å². The molecule has 0 heterocycles. The third kappa shape index (κ3) is 16.0. The first-order valence-corrected chi connectivity index (χ1v) is 11.7. The monoisotopic (exact) mass is 424 g/mol. The molecular weight excluding hydrogens is 387 g/mol. The highest BCUT2D eigenvalue weighted by molar-refractivity contribution is 7.47. The van der Waals surface area contributed by atoms with Crippen molar-refractivity contribution >= 4 is 19.8 Å². The quantitative estimate of drug-likeness (QED) is 0.194. The summed E-state index contributed by atoms with van der Waals surface area (Å²) in [6.07, 6.45) is 8.36. The molecule has 0 aliphatic rings. The molecule has 0 saturated heterocycles. The highest BCUT2D eigenvalue weighted by Gasteiger charge is 2.24. The Hall–Kier alpha value is -0.950. The molecule has 0 aromatic heterocycles. The fourth-order valence-corrected chi connectivity index (χ4v) is 2.88. The van der Waals surface area contributed by atoms with Crippen molar-refractivity contribution in [3.8, 4) is 0 Å². The zero-order valence-electron chi connectivity index (χ0n) is 17.5. The number of phosphoric acid groups is 1. The molecule has 0 radical (unpaired) electrons. The third-order valence-corrected chi connectivity index (χ3v) is 5.04. The molecule has 9 heteroatoms. The summed E-state index contributed by atoms with van der Waals surface area (Å²) in [7, 11) is -3.17. The first-order chi connectivity index (χ1) is 13.3. The lowest BCUT2D eigenvalue weighted by Crippen LogP contribution is -2.29. The second-order valence-electron chi connectivity index (χ2n) is 6.72. The minimum absolute atomic E-state index is 0.224. The van der Waals surface area contributed by atoms with E-state index in [1.807, 2.05) is 0 Å². The van der Waals surface area contributed by atoms with Crippen LogP contribution < -0.4 is 0 Å². The van der Waals surface area contributed by atoms with Crippen LogP contribution in [0, 0.1) is 0 Å². The van der Waals surface area contributed by atoms with Crippen LogP contribution in [0.25, 0.3) is 0 Å². The summed E-state index contributed by atoms with van der Waals surface area (Å²) in [5, 5.41) is 0. The molecule has 8 nitrogen and oxygen atoms in total. The van der Waals surface area contributed by atoms with Gasteiger partial charge in [0.25, 0.3) is 0 Å². The Morgan fingerprint density at radius 2 is 1.39 bits per heavy atom. The molecule has 0 rings (SSSR count). The number of carbonyl (C=O) groups is 2. The van der Waals surface area contributed by atoms with Gasteiger partial charge in [-0.15, -0.1) is 0 Å². The Labute approximate surface area is 168 Å². The highest BCUT2D eigenvalue weighted by Crippen LogP contribution is 2.42. The van der Waals surface area contributed by atoms with Crippen LogP contribution in [0.5, 0.6) is 0 Å². The first kappa shape index (κ1) is 27.0. The fourth-order valence-electron chi connectivity index (χ4n) is 2.42. The fraction of sp³-hybridized carbons (Fsp3) is 0.895. The number of carbonyl (C=O) groups excluding carboxylic acids is 2. The van der Waals surface area contributed by atoms with Crippen molar-refractivity contribution in [1.29, 1.82) is 0 Å². The maximum atomic E-state index is 11.9. The van der Waals surface area contributed by atoms with Crippen molar-refractivity contribution in [2.45, 2.75) is 90.6 Å². The second-order valence-corrected chi connectivity index (χ2v) is 8.28. The lowest BCUT2D eigenvalue weighted by atomic mass is 10.1. The predicted molar refractivity (Wildman–Crippen MR) is 106 cm³/mol. The van der Waals surface area contributed by atoms with Gasteiger partial charge in [0.2, 0.25) is 0 Å². The minimum Gasteiger partial charge on any atom is -0.462 e. The average Bonchev–Trinajstić information content (AvgIpc) is 2.67. The molecule has 0 saturated carbocycles. The van der Waals surface area contributed by atoms with Gasteiger partial charge in [0.1, 0.15) is 6.61 Å². The van der Waals surface area contributed by atoms with Crippen LogP contribution in [-0.2, 0) is 32.7 Å². The number of phosphoric ester groups is 1. The molecule has 0 aromatic rings. The van der Waals surface area contributed by atoms with Gasteiger partial charge in [0.15, 0.2) is 6.10 Å². The molecule has 0 spiro atoms. The van der Waals surface area contributed by atoms with Crippen molar-refractivity contribution < 1.29 is 37.6 Å². The van der Waals surface area contributed by atoms with Gasteiger partial charge in [0.05, 0.1) is 6.61 Å². The van der Waals surface area contributed by atoms with Gasteiger partial charge in [-0.2, -0.15) is 0 Å². The van der Waals surface area contributed by atoms with E-state index >= 15 is 0 Å². The lowest BCUT2D eigenvalue weighted by molar-refractivity contribution is -0.161. The summed E-state index contributed by atoms with van der Waals surface area (Å²) in [6.45, 7) is 3.58. The normalized spacial score (nSPS) is 14.3. The Morgan fingerprint density at radius 1 is 0.857 bits per heavy atom. The van der Waals surface area contributed by atoms with E-state index in [-0.39, 0.29) is 19.0 Å². The van der Waals surface area contributed by atoms with Gasteiger partial charge in [-0.05, 0) is 12.8 Å². The van der Waals surface area contributed by atoms with Gasteiger partial charge in [-0.25, -0.2) is 4.57 Å². The van der Waals surface area contributed by atoms with Crippen molar-refractivity contribution in [1.82, 2.24) is 0 Å². The second kappa shape index (κ2) is 17.0. The smallest absolute Gasteiger partial charge is 0.462 e. The minimum atomic E-state index is -4.21. The van der Waals surface area contributed by atoms with Crippen LogP contribution in [0.1, 0.15) is 84.5 Å². The number of unbranched alkanes of at least 4 members (excludes halogenated alkanes) is 7. The SMILES string of the molecule is CCCCCCCC(=O)OC[C@H](COP(=O)(O)OC)OC(=O)CCCCCC. The number of esters is 2. The van der Waals surface area contributed by atoms with E-state index in [4.69, 9.17) is 14.0 Å². The van der Waals surface area contributed by atoms with Crippen LogP contribution in [0.4, 0.5) is 0 Å². The van der Waals surface area contributed by atoms with Crippen LogP contribution in [0.2, 0.25) is 0 Å². The van der Waals surface area contributed by atoms with Crippen molar-refractivity contribution in [3.63, 3.8) is 0 Å². The topological polar surface area (TPSA) is 108 Å². The maximum absolute atomic E-state index is 11.9. The molecule has 1 unspecified atom stereocenters. The Morgan fingerprint density at radius 3 is 1.96 bits per heavy atom. The van der Waals surface area contributed by atoms with E-state index in [1.54, 1.807) is 0 Å².